The lowest BCUT2D eigenvalue weighted by atomic mass is 9.93. The average Bonchev–Trinajstić information content (AvgIpc) is 1.15. The Morgan fingerprint density at radius 2 is 0.674 bits per heavy atom. The van der Waals surface area contributed by atoms with Crippen molar-refractivity contribution >= 4 is 29.5 Å². The molecule has 0 unspecified atom stereocenters. The first-order chi connectivity index (χ1) is 41.1. The summed E-state index contributed by atoms with van der Waals surface area (Å²) in [5.74, 6) is -3.66. The molecular formula is C55H93N5O26. The lowest BCUT2D eigenvalue weighted by Crippen LogP contribution is -2.72. The van der Waals surface area contributed by atoms with E-state index in [0.29, 0.717) is 6.42 Å². The first-order valence-corrected chi connectivity index (χ1v) is 29.3. The van der Waals surface area contributed by atoms with Gasteiger partial charge >= 0.3 is 0 Å². The zero-order chi connectivity index (χ0) is 63.4. The Bertz CT molecular complexity index is 2160. The maximum absolute atomic E-state index is 13.3. The van der Waals surface area contributed by atoms with E-state index in [1.807, 2.05) is 0 Å². The van der Waals surface area contributed by atoms with Gasteiger partial charge in [-0.05, 0) is 44.6 Å². The van der Waals surface area contributed by atoms with E-state index in [0.717, 1.165) is 59.8 Å². The highest BCUT2D eigenvalue weighted by Crippen LogP contribution is 2.36. The Kier molecular flexibility index (Phi) is 30.4. The molecule has 0 bridgehead atoms. The highest BCUT2D eigenvalue weighted by Gasteiger charge is 2.58. The number of aliphatic hydroxyl groups is 11. The van der Waals surface area contributed by atoms with Crippen molar-refractivity contribution < 1.29 is 128 Å². The molecule has 0 radical (unpaired) electrons. The van der Waals surface area contributed by atoms with E-state index < -0.39 is 216 Å². The minimum Gasteiger partial charge on any atom is -0.394 e. The standard InChI is InChI=1S/C55H93N5O26/c1-7-8-9-10-11-12-13-14-15-16-17-18-19-20-35(70)60-36-42(72)41(71)30(21-61)78-52(36)83-48-32(23-63)80-54(38(44(48)74)57-27(3)67)85-50-34(25-65)82-55(40(46(50)76)59-29(5)69)86-49-33(24-64)81-53(39(45(49)75)58-28(4)68)84-47-31(22-62)79-51(77-6)37(43(47)73)56-26(2)66/h12-13,19-20,30-34,36-55,61-65,71-76H,7-11,14-18,21-25H2,1-6H3,(H,56,66)(H,57,67)(H,58,68)(H,59,69)(H,60,70)/b13-12-,20-19+/t30-,31-,32-,33-,34-,36-,37-,38-,39-,40-,41-,42-,43-,44-,45-,46-,47-,48-,49-,50-,51-,52+,53+,54+,55+/m1/s1. The van der Waals surface area contributed by atoms with E-state index in [9.17, 15) is 80.1 Å². The third kappa shape index (κ3) is 19.7. The highest BCUT2D eigenvalue weighted by molar-refractivity contribution is 5.87. The quantitative estimate of drug-likeness (QED) is 0.0175. The third-order valence-electron chi connectivity index (χ3n) is 15.4. The number of rotatable bonds is 31. The highest BCUT2D eigenvalue weighted by atomic mass is 16.8. The summed E-state index contributed by atoms with van der Waals surface area (Å²) in [5, 5.41) is 135. The van der Waals surface area contributed by atoms with Crippen molar-refractivity contribution in [1.29, 1.82) is 0 Å². The molecule has 16 N–H and O–H groups in total. The van der Waals surface area contributed by atoms with E-state index in [2.05, 4.69) is 45.7 Å². The fourth-order valence-electron chi connectivity index (χ4n) is 11.0. The lowest BCUT2D eigenvalue weighted by molar-refractivity contribution is -0.367. The molecule has 31 nitrogen and oxygen atoms in total. The van der Waals surface area contributed by atoms with Gasteiger partial charge in [0.25, 0.3) is 0 Å². The van der Waals surface area contributed by atoms with E-state index in [4.69, 9.17) is 47.4 Å². The van der Waals surface area contributed by atoms with E-state index >= 15 is 0 Å². The van der Waals surface area contributed by atoms with Crippen LogP contribution in [0, 0.1) is 0 Å². The Morgan fingerprint density at radius 3 is 0.988 bits per heavy atom. The van der Waals surface area contributed by atoms with Gasteiger partial charge in [0.15, 0.2) is 31.5 Å². The molecule has 31 heteroatoms. The van der Waals surface area contributed by atoms with Crippen LogP contribution < -0.4 is 26.6 Å². The molecule has 0 aliphatic carbocycles. The number of methoxy groups -OCH3 is 1. The van der Waals surface area contributed by atoms with Crippen LogP contribution in [-0.2, 0) is 71.3 Å². The maximum Gasteiger partial charge on any atom is 0.244 e. The number of hydrogen-bond donors (Lipinski definition) is 16. The Morgan fingerprint density at radius 1 is 0.384 bits per heavy atom. The van der Waals surface area contributed by atoms with Gasteiger partial charge in [0.05, 0.1) is 33.0 Å². The van der Waals surface area contributed by atoms with Gasteiger partial charge in [-0.15, -0.1) is 0 Å². The summed E-state index contributed by atoms with van der Waals surface area (Å²) in [6.07, 6.45) is -17.0. The summed E-state index contributed by atoms with van der Waals surface area (Å²) in [7, 11) is 1.23. The van der Waals surface area contributed by atoms with Crippen molar-refractivity contribution in [3.63, 3.8) is 0 Å². The molecule has 25 atom stereocenters. The average molecular weight is 1240 g/mol. The lowest BCUT2D eigenvalue weighted by Gasteiger charge is -2.51. The predicted molar refractivity (Wildman–Crippen MR) is 294 cm³/mol. The Balaban J connectivity index is 1.32. The fraction of sp³-hybridized carbons (Fsp3) is 0.836. The zero-order valence-corrected chi connectivity index (χ0v) is 49.4. The van der Waals surface area contributed by atoms with Crippen molar-refractivity contribution in [2.75, 3.05) is 40.1 Å². The summed E-state index contributed by atoms with van der Waals surface area (Å²) >= 11 is 0. The van der Waals surface area contributed by atoms with E-state index in [1.54, 1.807) is 6.08 Å². The SMILES string of the molecule is CCCCCC/C=C\CCCCC/C=C/C(=O)N[C@H]1[C@H](O[C@H]2[C@H](O)[C@@H](NC(C)=O)[C@H](O[C@H]3[C@H](O)[C@@H](NC(C)=O)[C@H](O[C@H]4[C@H](O)[C@@H](NC(C)=O)[C@H](O[C@H]5[C@H](O)[C@@H](NC(C)=O)[C@H](OC)O[C@@H]5CO)O[C@@H]4CO)O[C@@H]3CO)O[C@@H]2CO)O[C@H](CO)[C@@H](O)[C@@H]1O. The van der Waals surface area contributed by atoms with E-state index in [-0.39, 0.29) is 0 Å². The van der Waals surface area contributed by atoms with Crippen LogP contribution in [0.15, 0.2) is 24.3 Å². The molecule has 5 saturated heterocycles. The van der Waals surface area contributed by atoms with Gasteiger partial charge in [-0.25, -0.2) is 0 Å². The molecule has 86 heavy (non-hydrogen) atoms. The molecule has 5 aliphatic heterocycles. The minimum atomic E-state index is -2.00. The molecule has 0 spiro atoms. The van der Waals surface area contributed by atoms with Crippen LogP contribution >= 0.6 is 0 Å². The van der Waals surface area contributed by atoms with Crippen LogP contribution in [0.3, 0.4) is 0 Å². The van der Waals surface area contributed by atoms with Crippen molar-refractivity contribution in [3.05, 3.63) is 24.3 Å². The van der Waals surface area contributed by atoms with E-state index in [1.165, 1.54) is 38.9 Å². The summed E-state index contributed by atoms with van der Waals surface area (Å²) in [5.41, 5.74) is 0. The summed E-state index contributed by atoms with van der Waals surface area (Å²) in [6, 6.07) is -7.88. The second-order valence-corrected chi connectivity index (χ2v) is 22.0. The molecule has 0 aromatic rings. The van der Waals surface area contributed by atoms with Gasteiger partial charge in [-0.2, -0.15) is 0 Å². The third-order valence-corrected chi connectivity index (χ3v) is 15.4. The second-order valence-electron chi connectivity index (χ2n) is 22.0. The number of ether oxygens (including phenoxy) is 10. The van der Waals surface area contributed by atoms with Gasteiger partial charge in [0, 0.05) is 34.8 Å². The Hall–Kier alpha value is -4.01. The zero-order valence-electron chi connectivity index (χ0n) is 49.4. The molecule has 494 valence electrons. The van der Waals surface area contributed by atoms with Gasteiger partial charge < -0.3 is 130 Å². The first-order valence-electron chi connectivity index (χ1n) is 29.3. The molecule has 0 aromatic carbocycles. The van der Waals surface area contributed by atoms with Crippen molar-refractivity contribution in [1.82, 2.24) is 26.6 Å². The van der Waals surface area contributed by atoms with Crippen molar-refractivity contribution in [2.24, 2.45) is 0 Å². The van der Waals surface area contributed by atoms with Crippen molar-refractivity contribution in [2.45, 2.75) is 252 Å². The van der Waals surface area contributed by atoms with Gasteiger partial charge in [-0.1, -0.05) is 50.8 Å². The molecule has 5 rings (SSSR count). The smallest absolute Gasteiger partial charge is 0.244 e. The van der Waals surface area contributed by atoms with Crippen LogP contribution in [0.2, 0.25) is 0 Å². The molecule has 0 aromatic heterocycles. The van der Waals surface area contributed by atoms with Crippen LogP contribution in [0.1, 0.15) is 98.8 Å². The number of aliphatic hydroxyl groups excluding tert-OH is 11. The second kappa shape index (κ2) is 36.0. The summed E-state index contributed by atoms with van der Waals surface area (Å²) in [6.45, 7) is 2.00. The Labute approximate surface area is 498 Å². The number of allylic oxidation sites excluding steroid dienone is 3. The number of nitrogens with one attached hydrogen (secondary N) is 5. The maximum atomic E-state index is 13.3. The molecule has 5 amide bonds. The van der Waals surface area contributed by atoms with Gasteiger partial charge in [0.2, 0.25) is 29.5 Å². The normalized spacial score (nSPS) is 38.5. The topological polar surface area (TPSA) is 460 Å². The van der Waals surface area contributed by atoms with Crippen molar-refractivity contribution in [3.8, 4) is 0 Å². The monoisotopic (exact) mass is 1240 g/mol. The molecule has 5 fully saturated rings. The first kappa shape index (κ1) is 72.7. The minimum absolute atomic E-state index is 0.556. The van der Waals surface area contributed by atoms with Crippen LogP contribution in [-0.4, -0.2) is 279 Å². The number of carbonyl (C=O) groups excluding carboxylic acids is 5. The summed E-state index contributed by atoms with van der Waals surface area (Å²) < 4.78 is 59.6. The fourth-order valence-corrected chi connectivity index (χ4v) is 11.0. The number of amides is 5. The number of carbonyl (C=O) groups is 5. The molecule has 5 heterocycles. The summed E-state index contributed by atoms with van der Waals surface area (Å²) in [4.78, 5) is 63.6. The van der Waals surface area contributed by atoms with Crippen LogP contribution in [0.5, 0.6) is 0 Å². The molecule has 0 saturated carbocycles. The molecular weight excluding hydrogens is 1150 g/mol. The largest absolute Gasteiger partial charge is 0.394 e. The van der Waals surface area contributed by atoms with Gasteiger partial charge in [0.1, 0.15) is 122 Å². The van der Waals surface area contributed by atoms with Gasteiger partial charge in [-0.3, -0.25) is 24.0 Å². The predicted octanol–water partition coefficient (Wildman–Crippen LogP) is -5.54. The van der Waals surface area contributed by atoms with Crippen LogP contribution in [0.4, 0.5) is 0 Å². The number of hydrogen-bond acceptors (Lipinski definition) is 26. The molecule has 5 aliphatic rings. The van der Waals surface area contributed by atoms with Crippen LogP contribution in [0.25, 0.3) is 0 Å². The number of unbranched alkanes of at least 4 members (excludes halogenated alkanes) is 8.